The van der Waals surface area contributed by atoms with E-state index in [0.29, 0.717) is 37.3 Å². The van der Waals surface area contributed by atoms with Gasteiger partial charge in [0.2, 0.25) is 11.8 Å². The first-order valence-corrected chi connectivity index (χ1v) is 18.7. The number of ether oxygens (including phenoxy) is 1. The fourth-order valence-corrected chi connectivity index (χ4v) is 7.35. The van der Waals surface area contributed by atoms with Crippen molar-refractivity contribution < 1.29 is 19.1 Å². The summed E-state index contributed by atoms with van der Waals surface area (Å²) >= 11 is 0. The van der Waals surface area contributed by atoms with E-state index in [4.69, 9.17) is 9.72 Å². The number of amides is 2. The van der Waals surface area contributed by atoms with Crippen LogP contribution < -0.4 is 10.6 Å². The molecule has 2 amide bonds. The maximum Gasteiger partial charge on any atom is 0.356 e. The molecular formula is C44H46N6O4. The van der Waals surface area contributed by atoms with Crippen LogP contribution in [0.3, 0.4) is 0 Å². The quantitative estimate of drug-likeness (QED) is 0.119. The average molecular weight is 723 g/mol. The Morgan fingerprint density at radius 2 is 1.41 bits per heavy atom. The van der Waals surface area contributed by atoms with Gasteiger partial charge in [-0.1, -0.05) is 116 Å². The van der Waals surface area contributed by atoms with Crippen LogP contribution in [0.5, 0.6) is 0 Å². The molecule has 1 unspecified atom stereocenters. The van der Waals surface area contributed by atoms with Gasteiger partial charge in [-0.25, -0.2) is 9.78 Å². The molecule has 2 atom stereocenters. The van der Waals surface area contributed by atoms with E-state index in [9.17, 15) is 14.4 Å². The Hall–Kier alpha value is -6.16. The maximum absolute atomic E-state index is 13.3. The number of aromatic nitrogens is 2. The van der Waals surface area contributed by atoms with Crippen molar-refractivity contribution in [1.82, 2.24) is 30.4 Å². The van der Waals surface area contributed by atoms with Crippen molar-refractivity contribution in [3.05, 3.63) is 144 Å². The molecule has 10 heteroatoms. The van der Waals surface area contributed by atoms with Crippen molar-refractivity contribution in [3.8, 4) is 22.4 Å². The largest absolute Gasteiger partial charge is 0.464 e. The molecule has 1 saturated heterocycles. The molecule has 10 nitrogen and oxygen atoms in total. The van der Waals surface area contributed by atoms with Crippen molar-refractivity contribution in [2.75, 3.05) is 26.7 Å². The molecule has 3 N–H and O–H groups in total. The van der Waals surface area contributed by atoms with Crippen LogP contribution in [0.1, 0.15) is 54.7 Å². The van der Waals surface area contributed by atoms with Crippen molar-refractivity contribution in [3.63, 3.8) is 0 Å². The predicted octanol–water partition coefficient (Wildman–Crippen LogP) is 6.49. The molecule has 0 aliphatic carbocycles. The van der Waals surface area contributed by atoms with Gasteiger partial charge in [0, 0.05) is 18.7 Å². The van der Waals surface area contributed by atoms with Crippen LogP contribution in [0.25, 0.3) is 28.1 Å². The van der Waals surface area contributed by atoms with Gasteiger partial charge < -0.3 is 30.2 Å². The lowest BCUT2D eigenvalue weighted by atomic mass is 10.0. The first kappa shape index (κ1) is 36.2. The maximum atomic E-state index is 13.3. The zero-order valence-corrected chi connectivity index (χ0v) is 30.8. The third-order valence-corrected chi connectivity index (χ3v) is 10.1. The second kappa shape index (κ2) is 16.7. The highest BCUT2D eigenvalue weighted by Crippen LogP contribution is 2.33. The third kappa shape index (κ3) is 8.23. The van der Waals surface area contributed by atoms with E-state index in [0.717, 1.165) is 70.7 Å². The average Bonchev–Trinajstić information content (AvgIpc) is 3.99. The molecule has 0 saturated carbocycles. The highest BCUT2D eigenvalue weighted by Gasteiger charge is 2.33. The molecule has 5 aromatic rings. The summed E-state index contributed by atoms with van der Waals surface area (Å²) in [6, 6.07) is 35.9. The van der Waals surface area contributed by atoms with Crippen LogP contribution in [-0.2, 0) is 32.0 Å². The summed E-state index contributed by atoms with van der Waals surface area (Å²) in [7, 11) is 1.36. The Kier molecular flexibility index (Phi) is 11.2. The van der Waals surface area contributed by atoms with E-state index in [1.54, 1.807) is 0 Å². The molecule has 276 valence electrons. The van der Waals surface area contributed by atoms with E-state index in [1.807, 2.05) is 108 Å². The van der Waals surface area contributed by atoms with Gasteiger partial charge in [-0.15, -0.1) is 0 Å². The molecule has 2 aliphatic rings. The van der Waals surface area contributed by atoms with E-state index in [1.165, 1.54) is 7.11 Å². The van der Waals surface area contributed by atoms with E-state index < -0.39 is 5.97 Å². The van der Waals surface area contributed by atoms with E-state index >= 15 is 0 Å². The molecule has 0 radical (unpaired) electrons. The number of esters is 1. The summed E-state index contributed by atoms with van der Waals surface area (Å²) in [4.78, 5) is 51.3. The number of aromatic amines is 1. The summed E-state index contributed by atoms with van der Waals surface area (Å²) in [6.45, 7) is 3.78. The number of hydrogen-bond donors (Lipinski definition) is 3. The number of rotatable bonds is 13. The van der Waals surface area contributed by atoms with Gasteiger partial charge >= 0.3 is 5.97 Å². The van der Waals surface area contributed by atoms with Gasteiger partial charge in [0.25, 0.3) is 0 Å². The number of nitrogens with zero attached hydrogens (tertiary/aromatic N) is 3. The summed E-state index contributed by atoms with van der Waals surface area (Å²) < 4.78 is 5.12. The van der Waals surface area contributed by atoms with Gasteiger partial charge in [-0.05, 0) is 47.1 Å². The molecule has 1 fully saturated rings. The molecular weight excluding hydrogens is 677 g/mol. The molecule has 1 aromatic heterocycles. The van der Waals surface area contributed by atoms with Crippen LogP contribution in [0, 0.1) is 0 Å². The smallest absolute Gasteiger partial charge is 0.356 e. The number of methoxy groups -OCH3 is 1. The lowest BCUT2D eigenvalue weighted by Crippen LogP contribution is -2.47. The van der Waals surface area contributed by atoms with Crippen molar-refractivity contribution in [2.24, 2.45) is 0 Å². The fraction of sp³-hybridized carbons (Fsp3) is 0.273. The Bertz CT molecular complexity index is 2090. The predicted molar refractivity (Wildman–Crippen MR) is 209 cm³/mol. The lowest BCUT2D eigenvalue weighted by Gasteiger charge is -2.26. The van der Waals surface area contributed by atoms with Gasteiger partial charge in [-0.3, -0.25) is 9.59 Å². The Labute approximate surface area is 316 Å². The number of nitrogens with one attached hydrogen (secondary N) is 3. The number of carbonyl (C=O) groups excluding carboxylic acids is 3. The van der Waals surface area contributed by atoms with Crippen molar-refractivity contribution in [2.45, 2.75) is 51.2 Å². The summed E-state index contributed by atoms with van der Waals surface area (Å²) in [5.74, 6) is 0.505. The SMILES string of the molecule is CCCN(CC1NC(C(=O)OC)=C(c2ccc(-c3ccc(-c4cnc([C@@H]5CCCN5C(=O)Cc5ccccc5)[nH]4)cc3)cc2)N1)C(=O)Cc1ccccc1. The van der Waals surface area contributed by atoms with Gasteiger partial charge in [0.15, 0.2) is 0 Å². The van der Waals surface area contributed by atoms with Gasteiger partial charge in [-0.2, -0.15) is 0 Å². The molecule has 0 spiro atoms. The standard InChI is InChI=1S/C44H46N6O4/c1-3-24-49(39(51)26-30-11-6-4-7-12-30)29-38-47-41(42(48-38)44(53)54-2)35-22-18-33(19-23-35)32-16-20-34(21-17-32)36-28-45-43(46-36)37-15-10-25-50(37)40(52)27-31-13-8-5-9-14-31/h4-9,11-14,16-23,28,37-38,47-48H,3,10,15,24-27,29H2,1-2H3,(H,45,46)/t37-,38?/m0/s1. The van der Waals surface area contributed by atoms with Gasteiger partial charge in [0.05, 0.1) is 50.1 Å². The lowest BCUT2D eigenvalue weighted by molar-refractivity contribution is -0.136. The Morgan fingerprint density at radius 3 is 2.04 bits per heavy atom. The van der Waals surface area contributed by atoms with Crippen molar-refractivity contribution in [1.29, 1.82) is 0 Å². The van der Waals surface area contributed by atoms with Crippen LogP contribution in [0.4, 0.5) is 0 Å². The summed E-state index contributed by atoms with van der Waals surface area (Å²) in [5, 5.41) is 6.73. The molecule has 2 aliphatic heterocycles. The van der Waals surface area contributed by atoms with Crippen molar-refractivity contribution >= 4 is 23.5 Å². The third-order valence-electron chi connectivity index (χ3n) is 10.1. The summed E-state index contributed by atoms with van der Waals surface area (Å²) in [6.07, 6.45) is 4.86. The number of H-pyrrole nitrogens is 1. The number of benzene rings is 4. The van der Waals surface area contributed by atoms with Crippen LogP contribution in [-0.4, -0.2) is 70.5 Å². The highest BCUT2D eigenvalue weighted by atomic mass is 16.5. The molecule has 4 aromatic carbocycles. The van der Waals surface area contributed by atoms with E-state index in [2.05, 4.69) is 39.9 Å². The first-order valence-electron chi connectivity index (χ1n) is 18.7. The normalized spacial score (nSPS) is 16.5. The first-order chi connectivity index (χ1) is 26.4. The molecule has 54 heavy (non-hydrogen) atoms. The van der Waals surface area contributed by atoms with Crippen LogP contribution in [0.2, 0.25) is 0 Å². The topological polar surface area (TPSA) is 120 Å². The zero-order chi connectivity index (χ0) is 37.4. The second-order valence-corrected chi connectivity index (χ2v) is 13.8. The minimum absolute atomic E-state index is 0.0366. The van der Waals surface area contributed by atoms with E-state index in [-0.39, 0.29) is 24.0 Å². The molecule has 0 bridgehead atoms. The van der Waals surface area contributed by atoms with Crippen LogP contribution in [0.15, 0.2) is 121 Å². The highest BCUT2D eigenvalue weighted by molar-refractivity contribution is 5.98. The number of carbonyl (C=O) groups is 3. The van der Waals surface area contributed by atoms with Gasteiger partial charge in [0.1, 0.15) is 17.7 Å². The molecule has 3 heterocycles. The number of imidazole rings is 1. The fourth-order valence-electron chi connectivity index (χ4n) is 7.35. The minimum Gasteiger partial charge on any atom is -0.464 e. The zero-order valence-electron chi connectivity index (χ0n) is 30.8. The minimum atomic E-state index is -0.473. The van der Waals surface area contributed by atoms with Crippen LogP contribution >= 0.6 is 0 Å². The number of likely N-dealkylation sites (tertiary alicyclic amines) is 1. The monoisotopic (exact) mass is 722 g/mol. The Balaban J connectivity index is 1.01. The molecule has 7 rings (SSSR count). The second-order valence-electron chi connectivity index (χ2n) is 13.8. The Morgan fingerprint density at radius 1 is 0.796 bits per heavy atom. The summed E-state index contributed by atoms with van der Waals surface area (Å²) in [5.41, 5.74) is 7.78. The number of hydrogen-bond acceptors (Lipinski definition) is 7.